The molecule has 0 saturated carbocycles. The normalized spacial score (nSPS) is 36.7. The van der Waals surface area contributed by atoms with Crippen molar-refractivity contribution >= 4 is 0 Å². The molecule has 0 spiro atoms. The number of hydrogen-bond acceptors (Lipinski definition) is 2. The molecule has 2 nitrogen and oxygen atoms in total. The van der Waals surface area contributed by atoms with E-state index in [-0.39, 0.29) is 1.43 Å². The molecular weight excluding hydrogens is 112 g/mol. The summed E-state index contributed by atoms with van der Waals surface area (Å²) in [5.41, 5.74) is 0. The zero-order valence-electron chi connectivity index (χ0n) is 6.28. The van der Waals surface area contributed by atoms with Crippen LogP contribution in [0.3, 0.4) is 0 Å². The second kappa shape index (κ2) is 3.18. The molecule has 1 aliphatic heterocycles. The summed E-state index contributed by atoms with van der Waals surface area (Å²) < 4.78 is 0. The molecule has 0 aromatic heterocycles. The van der Waals surface area contributed by atoms with E-state index in [9.17, 15) is 0 Å². The van der Waals surface area contributed by atoms with Gasteiger partial charge in [0.15, 0.2) is 0 Å². The van der Waals surface area contributed by atoms with Gasteiger partial charge in [0, 0.05) is 26.6 Å². The second-order valence-corrected chi connectivity index (χ2v) is 2.83. The molecule has 2 N–H and O–H groups in total. The molecule has 2 heteroatoms. The highest BCUT2D eigenvalue weighted by Gasteiger charge is 2.14. The minimum atomic E-state index is 0. The van der Waals surface area contributed by atoms with E-state index in [1.165, 1.54) is 6.42 Å². The molecule has 0 aliphatic carbocycles. The van der Waals surface area contributed by atoms with E-state index >= 15 is 0 Å². The molecule has 0 amide bonds. The summed E-state index contributed by atoms with van der Waals surface area (Å²) in [5, 5.41) is 6.88. The molecule has 1 aliphatic rings. The van der Waals surface area contributed by atoms with Crippen LogP contribution in [-0.4, -0.2) is 25.2 Å². The van der Waals surface area contributed by atoms with E-state index in [2.05, 4.69) is 24.5 Å². The molecule has 0 bridgehead atoms. The van der Waals surface area contributed by atoms with E-state index < -0.39 is 0 Å². The van der Waals surface area contributed by atoms with E-state index in [4.69, 9.17) is 0 Å². The van der Waals surface area contributed by atoms with Crippen LogP contribution in [0.25, 0.3) is 0 Å². The van der Waals surface area contributed by atoms with Crippen molar-refractivity contribution in [2.45, 2.75) is 32.4 Å². The van der Waals surface area contributed by atoms with Crippen molar-refractivity contribution in [1.29, 1.82) is 0 Å². The van der Waals surface area contributed by atoms with Crippen molar-refractivity contribution < 1.29 is 1.43 Å². The van der Waals surface area contributed by atoms with Crippen molar-refractivity contribution in [3.63, 3.8) is 0 Å². The minimum absolute atomic E-state index is 0. The van der Waals surface area contributed by atoms with Crippen LogP contribution in [0.15, 0.2) is 0 Å². The first-order chi connectivity index (χ1) is 4.33. The summed E-state index contributed by atoms with van der Waals surface area (Å²) >= 11 is 0. The molecule has 56 valence electrons. The predicted octanol–water partition coefficient (Wildman–Crippen LogP) is 0.592. The highest BCUT2D eigenvalue weighted by Crippen LogP contribution is 1.96. The van der Waals surface area contributed by atoms with Crippen molar-refractivity contribution in [2.75, 3.05) is 13.1 Å². The Morgan fingerprint density at radius 2 is 2.33 bits per heavy atom. The van der Waals surface area contributed by atoms with E-state index in [1.807, 2.05) is 0 Å². The third-order valence-corrected chi connectivity index (χ3v) is 1.85. The highest BCUT2D eigenvalue weighted by atomic mass is 15.1. The van der Waals surface area contributed by atoms with Gasteiger partial charge < -0.3 is 10.6 Å². The maximum absolute atomic E-state index is 3.50. The fourth-order valence-electron chi connectivity index (χ4n) is 1.26. The zero-order chi connectivity index (χ0) is 6.69. The van der Waals surface area contributed by atoms with Gasteiger partial charge in [0.25, 0.3) is 0 Å². The van der Waals surface area contributed by atoms with E-state index in [0.717, 1.165) is 13.1 Å². The van der Waals surface area contributed by atoms with Gasteiger partial charge in [-0.15, -0.1) is 0 Å². The average molecular weight is 130 g/mol. The lowest BCUT2D eigenvalue weighted by molar-refractivity contribution is 0.347. The van der Waals surface area contributed by atoms with Crippen LogP contribution >= 0.6 is 0 Å². The van der Waals surface area contributed by atoms with Crippen LogP contribution in [0.1, 0.15) is 21.7 Å². The van der Waals surface area contributed by atoms with Crippen molar-refractivity contribution in [3.05, 3.63) is 0 Å². The Labute approximate surface area is 58.5 Å². The molecule has 9 heavy (non-hydrogen) atoms. The van der Waals surface area contributed by atoms with Crippen LogP contribution in [0, 0.1) is 0 Å². The molecule has 0 radical (unpaired) electrons. The molecule has 1 fully saturated rings. The quantitative estimate of drug-likeness (QED) is 0.543. The van der Waals surface area contributed by atoms with Crippen LogP contribution in [0.5, 0.6) is 0 Å². The Bertz CT molecular complexity index is 87.7. The maximum Gasteiger partial charge on any atom is 0.0192 e. The summed E-state index contributed by atoms with van der Waals surface area (Å²) in [5.74, 6) is 0. The smallest absolute Gasteiger partial charge is 0.0192 e. The third-order valence-electron chi connectivity index (χ3n) is 1.85. The van der Waals surface area contributed by atoms with Gasteiger partial charge in [-0.3, -0.25) is 0 Å². The van der Waals surface area contributed by atoms with Crippen LogP contribution < -0.4 is 10.6 Å². The molecule has 1 heterocycles. The Morgan fingerprint density at radius 3 is 2.78 bits per heavy atom. The first-order valence-corrected chi connectivity index (χ1v) is 3.79. The lowest BCUT2D eigenvalue weighted by Crippen LogP contribution is -2.53. The molecule has 1 rings (SSSR count). The summed E-state index contributed by atoms with van der Waals surface area (Å²) in [6.45, 7) is 6.70. The Hall–Kier alpha value is -0.0800. The Kier molecular flexibility index (Phi) is 2.49. The van der Waals surface area contributed by atoms with Crippen molar-refractivity contribution in [2.24, 2.45) is 0 Å². The highest BCUT2D eigenvalue weighted by molar-refractivity contribution is 4.79. The van der Waals surface area contributed by atoms with Gasteiger partial charge in [-0.25, -0.2) is 0 Å². The topological polar surface area (TPSA) is 24.1 Å². The monoisotopic (exact) mass is 130 g/mol. The van der Waals surface area contributed by atoms with Gasteiger partial charge in [0.05, 0.1) is 0 Å². The maximum atomic E-state index is 3.50. The van der Waals surface area contributed by atoms with Gasteiger partial charge in [-0.05, 0) is 13.3 Å². The number of nitrogens with one attached hydrogen (secondary N) is 2. The number of rotatable bonds is 1. The molecule has 2 atom stereocenters. The third kappa shape index (κ3) is 1.95. The van der Waals surface area contributed by atoms with E-state index in [1.54, 1.807) is 0 Å². The summed E-state index contributed by atoms with van der Waals surface area (Å²) in [6, 6.07) is 1.36. The summed E-state index contributed by atoms with van der Waals surface area (Å²) in [6.07, 6.45) is 1.23. The predicted molar refractivity (Wildman–Crippen MR) is 41.7 cm³/mol. The Balaban J connectivity index is 0.000000810. The van der Waals surface area contributed by atoms with Crippen LogP contribution in [0.2, 0.25) is 0 Å². The Morgan fingerprint density at radius 1 is 1.56 bits per heavy atom. The molecule has 0 aromatic rings. The molecule has 1 saturated heterocycles. The average Bonchev–Trinajstić information content (AvgIpc) is 1.88. The summed E-state index contributed by atoms with van der Waals surface area (Å²) in [4.78, 5) is 0. The number of piperazine rings is 1. The van der Waals surface area contributed by atoms with Gasteiger partial charge in [-0.1, -0.05) is 6.92 Å². The molecular formula is C7H18N2. The van der Waals surface area contributed by atoms with Crippen molar-refractivity contribution in [1.82, 2.24) is 10.6 Å². The lowest BCUT2D eigenvalue weighted by Gasteiger charge is -2.28. The second-order valence-electron chi connectivity index (χ2n) is 2.83. The minimum Gasteiger partial charge on any atom is -0.314 e. The van der Waals surface area contributed by atoms with E-state index in [0.29, 0.717) is 12.1 Å². The first kappa shape index (κ1) is 7.03. The summed E-state index contributed by atoms with van der Waals surface area (Å²) in [7, 11) is 0. The van der Waals surface area contributed by atoms with Gasteiger partial charge in [0.1, 0.15) is 0 Å². The van der Waals surface area contributed by atoms with Crippen LogP contribution in [-0.2, 0) is 0 Å². The fourth-order valence-corrected chi connectivity index (χ4v) is 1.26. The molecule has 0 unspecified atom stereocenters. The van der Waals surface area contributed by atoms with Gasteiger partial charge in [-0.2, -0.15) is 0 Å². The van der Waals surface area contributed by atoms with Crippen molar-refractivity contribution in [3.8, 4) is 0 Å². The SMILES string of the molecule is CC[C@H]1CNC[C@@H](C)N1.[HH]. The largest absolute Gasteiger partial charge is 0.314 e. The van der Waals surface area contributed by atoms with Gasteiger partial charge in [0.2, 0.25) is 0 Å². The van der Waals surface area contributed by atoms with Gasteiger partial charge >= 0.3 is 0 Å². The number of hydrogen-bond donors (Lipinski definition) is 2. The lowest BCUT2D eigenvalue weighted by atomic mass is 10.1. The fraction of sp³-hybridized carbons (Fsp3) is 1.00. The van der Waals surface area contributed by atoms with Crippen LogP contribution in [0.4, 0.5) is 0 Å². The molecule has 0 aromatic carbocycles. The first-order valence-electron chi connectivity index (χ1n) is 3.79. The standard InChI is InChI=1S/C7H16N2.H2/c1-3-7-5-8-4-6(2)9-7;/h6-9H,3-5H2,1-2H3;1H/t6-,7+;/m1./s1. The zero-order valence-corrected chi connectivity index (χ0v) is 6.28.